The van der Waals surface area contributed by atoms with Crippen LogP contribution >= 0.6 is 0 Å². The lowest BCUT2D eigenvalue weighted by Crippen LogP contribution is -2.18. The predicted octanol–water partition coefficient (Wildman–Crippen LogP) is 2.47. The number of nitrogens with zero attached hydrogens (tertiary/aromatic N) is 3. The lowest BCUT2D eigenvalue weighted by atomic mass is 10.0. The number of rotatable bonds is 8. The third kappa shape index (κ3) is 5.03. The minimum atomic E-state index is -0.0432. The SMILES string of the molecule is CCCCC(CC)COc1nc(C)cc(/C(N)=N/O)n1. The van der Waals surface area contributed by atoms with Crippen LogP contribution in [0, 0.1) is 12.8 Å². The minimum Gasteiger partial charge on any atom is -0.463 e. The molecular formula is C14H24N4O2. The van der Waals surface area contributed by atoms with E-state index in [0.29, 0.717) is 18.2 Å². The first kappa shape index (κ1) is 16.2. The van der Waals surface area contributed by atoms with Crippen molar-refractivity contribution in [2.45, 2.75) is 46.5 Å². The van der Waals surface area contributed by atoms with Crippen LogP contribution in [0.15, 0.2) is 11.2 Å². The van der Waals surface area contributed by atoms with Crippen molar-refractivity contribution in [2.75, 3.05) is 6.61 Å². The van der Waals surface area contributed by atoms with E-state index in [4.69, 9.17) is 15.7 Å². The fourth-order valence-corrected chi connectivity index (χ4v) is 1.88. The number of oxime groups is 1. The van der Waals surface area contributed by atoms with Gasteiger partial charge in [0.1, 0.15) is 5.69 Å². The third-order valence-corrected chi connectivity index (χ3v) is 3.20. The second kappa shape index (κ2) is 8.35. The molecule has 0 aromatic carbocycles. The minimum absolute atomic E-state index is 0.0432. The van der Waals surface area contributed by atoms with Crippen molar-refractivity contribution in [3.05, 3.63) is 17.5 Å². The highest BCUT2D eigenvalue weighted by Crippen LogP contribution is 2.15. The molecule has 0 aliphatic rings. The molecule has 1 aromatic rings. The van der Waals surface area contributed by atoms with E-state index >= 15 is 0 Å². The molecule has 0 saturated heterocycles. The first-order valence-corrected chi connectivity index (χ1v) is 7.07. The van der Waals surface area contributed by atoms with Gasteiger partial charge in [-0.25, -0.2) is 4.98 Å². The topological polar surface area (TPSA) is 93.6 Å². The maximum Gasteiger partial charge on any atom is 0.317 e. The quantitative estimate of drug-likeness (QED) is 0.330. The van der Waals surface area contributed by atoms with Gasteiger partial charge in [-0.2, -0.15) is 4.98 Å². The van der Waals surface area contributed by atoms with Crippen molar-refractivity contribution in [3.63, 3.8) is 0 Å². The zero-order valence-corrected chi connectivity index (χ0v) is 12.5. The number of aryl methyl sites for hydroxylation is 1. The van der Waals surface area contributed by atoms with Gasteiger partial charge in [0.25, 0.3) is 0 Å². The number of hydrogen-bond donors (Lipinski definition) is 2. The zero-order valence-electron chi connectivity index (χ0n) is 12.5. The summed E-state index contributed by atoms with van der Waals surface area (Å²) >= 11 is 0. The number of amidine groups is 1. The molecule has 1 heterocycles. The van der Waals surface area contributed by atoms with E-state index in [1.54, 1.807) is 6.07 Å². The first-order valence-electron chi connectivity index (χ1n) is 7.07. The van der Waals surface area contributed by atoms with E-state index < -0.39 is 0 Å². The van der Waals surface area contributed by atoms with Gasteiger partial charge in [0.2, 0.25) is 0 Å². The Bertz CT molecular complexity index is 449. The smallest absolute Gasteiger partial charge is 0.317 e. The van der Waals surface area contributed by atoms with Crippen molar-refractivity contribution in [1.82, 2.24) is 9.97 Å². The molecule has 112 valence electrons. The Hall–Kier alpha value is -1.85. The lowest BCUT2D eigenvalue weighted by Gasteiger charge is -2.15. The zero-order chi connectivity index (χ0) is 15.0. The summed E-state index contributed by atoms with van der Waals surface area (Å²) in [5.41, 5.74) is 6.63. The molecule has 20 heavy (non-hydrogen) atoms. The summed E-state index contributed by atoms with van der Waals surface area (Å²) in [6, 6.07) is 1.93. The molecule has 0 radical (unpaired) electrons. The van der Waals surface area contributed by atoms with E-state index in [1.807, 2.05) is 6.92 Å². The van der Waals surface area contributed by atoms with Crippen LogP contribution in [0.3, 0.4) is 0 Å². The van der Waals surface area contributed by atoms with E-state index in [0.717, 1.165) is 18.5 Å². The summed E-state index contributed by atoms with van der Waals surface area (Å²) in [6.45, 7) is 6.75. The average Bonchev–Trinajstić information content (AvgIpc) is 2.46. The highest BCUT2D eigenvalue weighted by molar-refractivity contribution is 5.95. The van der Waals surface area contributed by atoms with E-state index in [-0.39, 0.29) is 11.8 Å². The van der Waals surface area contributed by atoms with Crippen molar-refractivity contribution in [2.24, 2.45) is 16.8 Å². The van der Waals surface area contributed by atoms with Gasteiger partial charge in [-0.05, 0) is 25.3 Å². The van der Waals surface area contributed by atoms with E-state index in [2.05, 4.69) is 29.0 Å². The molecule has 0 bridgehead atoms. The lowest BCUT2D eigenvalue weighted by molar-refractivity contribution is 0.217. The van der Waals surface area contributed by atoms with Crippen molar-refractivity contribution in [1.29, 1.82) is 0 Å². The normalized spacial score (nSPS) is 13.2. The van der Waals surface area contributed by atoms with Crippen molar-refractivity contribution >= 4 is 5.84 Å². The Kier molecular flexibility index (Phi) is 6.76. The second-order valence-corrected chi connectivity index (χ2v) is 4.89. The standard InChI is InChI=1S/C14H24N4O2/c1-4-6-7-11(5-2)9-20-14-16-10(3)8-12(17-14)13(15)18-19/h8,11,19H,4-7,9H2,1-3H3,(H2,15,18). The van der Waals surface area contributed by atoms with Gasteiger partial charge in [-0.15, -0.1) is 0 Å². The van der Waals surface area contributed by atoms with Crippen LogP contribution < -0.4 is 10.5 Å². The molecular weight excluding hydrogens is 256 g/mol. The van der Waals surface area contributed by atoms with E-state index in [1.165, 1.54) is 12.8 Å². The van der Waals surface area contributed by atoms with Crippen LogP contribution in [0.4, 0.5) is 0 Å². The monoisotopic (exact) mass is 280 g/mol. The largest absolute Gasteiger partial charge is 0.463 e. The molecule has 0 amide bonds. The Balaban J connectivity index is 2.69. The Morgan fingerprint density at radius 3 is 2.80 bits per heavy atom. The van der Waals surface area contributed by atoms with Gasteiger partial charge < -0.3 is 15.7 Å². The molecule has 0 aliphatic heterocycles. The molecule has 0 fully saturated rings. The highest BCUT2D eigenvalue weighted by atomic mass is 16.5. The summed E-state index contributed by atoms with van der Waals surface area (Å²) in [6.07, 6.45) is 4.60. The molecule has 0 spiro atoms. The summed E-state index contributed by atoms with van der Waals surface area (Å²) in [7, 11) is 0. The molecule has 0 saturated carbocycles. The molecule has 1 rings (SSSR count). The Morgan fingerprint density at radius 2 is 2.20 bits per heavy atom. The summed E-state index contributed by atoms with van der Waals surface area (Å²) in [5.74, 6) is 0.463. The van der Waals surface area contributed by atoms with Crippen LogP contribution in [0.2, 0.25) is 0 Å². The number of nitrogens with two attached hydrogens (primary N) is 1. The number of aromatic nitrogens is 2. The fraction of sp³-hybridized carbons (Fsp3) is 0.643. The van der Waals surface area contributed by atoms with Crippen LogP contribution in [-0.4, -0.2) is 27.6 Å². The van der Waals surface area contributed by atoms with E-state index in [9.17, 15) is 0 Å². The van der Waals surface area contributed by atoms with Crippen LogP contribution in [0.25, 0.3) is 0 Å². The van der Waals surface area contributed by atoms with Crippen LogP contribution in [-0.2, 0) is 0 Å². The number of ether oxygens (including phenoxy) is 1. The number of unbranched alkanes of at least 4 members (excludes halogenated alkanes) is 1. The summed E-state index contributed by atoms with van der Waals surface area (Å²) < 4.78 is 5.66. The highest BCUT2D eigenvalue weighted by Gasteiger charge is 2.11. The third-order valence-electron chi connectivity index (χ3n) is 3.20. The first-order chi connectivity index (χ1) is 9.60. The Morgan fingerprint density at radius 1 is 1.45 bits per heavy atom. The Labute approximate surface area is 120 Å². The predicted molar refractivity (Wildman–Crippen MR) is 78.1 cm³/mol. The average molecular weight is 280 g/mol. The number of hydrogen-bond acceptors (Lipinski definition) is 5. The molecule has 6 nitrogen and oxygen atoms in total. The summed E-state index contributed by atoms with van der Waals surface area (Å²) in [4.78, 5) is 8.35. The molecule has 1 atom stereocenters. The molecule has 3 N–H and O–H groups in total. The van der Waals surface area contributed by atoms with Gasteiger partial charge >= 0.3 is 6.01 Å². The van der Waals surface area contributed by atoms with Gasteiger partial charge in [-0.1, -0.05) is 38.3 Å². The summed E-state index contributed by atoms with van der Waals surface area (Å²) in [5, 5.41) is 11.6. The molecule has 1 unspecified atom stereocenters. The van der Waals surface area contributed by atoms with Gasteiger partial charge in [0.05, 0.1) is 6.61 Å². The van der Waals surface area contributed by atoms with Gasteiger partial charge in [0.15, 0.2) is 5.84 Å². The van der Waals surface area contributed by atoms with Crippen molar-refractivity contribution in [3.8, 4) is 6.01 Å². The second-order valence-electron chi connectivity index (χ2n) is 4.89. The fourth-order valence-electron chi connectivity index (χ4n) is 1.88. The maximum absolute atomic E-state index is 8.69. The van der Waals surface area contributed by atoms with Crippen molar-refractivity contribution < 1.29 is 9.94 Å². The molecule has 0 aliphatic carbocycles. The molecule has 1 aromatic heterocycles. The molecule has 6 heteroatoms. The van der Waals surface area contributed by atoms with Gasteiger partial charge in [0, 0.05) is 5.69 Å². The van der Waals surface area contributed by atoms with Gasteiger partial charge in [-0.3, -0.25) is 0 Å². The maximum atomic E-state index is 8.69. The van der Waals surface area contributed by atoms with Crippen LogP contribution in [0.1, 0.15) is 50.9 Å². The van der Waals surface area contributed by atoms with Crippen LogP contribution in [0.5, 0.6) is 6.01 Å².